The highest BCUT2D eigenvalue weighted by atomic mass is 35.5. The van der Waals surface area contributed by atoms with Crippen LogP contribution in [0.25, 0.3) is 16.6 Å². The van der Waals surface area contributed by atoms with Gasteiger partial charge in [-0.05, 0) is 44.2 Å². The number of halogens is 1. The lowest BCUT2D eigenvalue weighted by Gasteiger charge is -2.20. The highest BCUT2D eigenvalue weighted by Crippen LogP contribution is 2.23. The van der Waals surface area contributed by atoms with Gasteiger partial charge >= 0.3 is 0 Å². The van der Waals surface area contributed by atoms with Crippen LogP contribution in [-0.2, 0) is 0 Å². The van der Waals surface area contributed by atoms with Crippen molar-refractivity contribution in [3.63, 3.8) is 0 Å². The highest BCUT2D eigenvalue weighted by Gasteiger charge is 2.18. The van der Waals surface area contributed by atoms with Crippen molar-refractivity contribution >= 4 is 22.5 Å². The number of nitrogens with zero attached hydrogens (tertiary/aromatic N) is 2. The first-order valence-corrected chi connectivity index (χ1v) is 10.0. The minimum absolute atomic E-state index is 0.0693. The molecule has 1 N–H and O–H groups in total. The zero-order chi connectivity index (χ0) is 19.2. The summed E-state index contributed by atoms with van der Waals surface area (Å²) in [6, 6.07) is 14.8. The third kappa shape index (κ3) is 4.40. The fourth-order valence-electron chi connectivity index (χ4n) is 3.27. The van der Waals surface area contributed by atoms with Gasteiger partial charge in [0.15, 0.2) is 0 Å². The van der Waals surface area contributed by atoms with Gasteiger partial charge in [-0.2, -0.15) is 0 Å². The van der Waals surface area contributed by atoms with Crippen LogP contribution in [-0.4, -0.2) is 16.1 Å². The summed E-state index contributed by atoms with van der Waals surface area (Å²) in [6.07, 6.45) is 4.78. The van der Waals surface area contributed by atoms with Crippen molar-refractivity contribution in [2.45, 2.75) is 45.6 Å². The smallest absolute Gasteiger partial charge is 0.266 e. The fourth-order valence-corrected chi connectivity index (χ4v) is 3.49. The molecule has 1 atom stereocenters. The van der Waals surface area contributed by atoms with Crippen molar-refractivity contribution in [1.29, 1.82) is 0 Å². The Kier molecular flexibility index (Phi) is 6.64. The number of aromatic nitrogens is 2. The third-order valence-corrected chi connectivity index (χ3v) is 5.08. The minimum Gasteiger partial charge on any atom is -0.308 e. The van der Waals surface area contributed by atoms with Gasteiger partial charge < -0.3 is 5.32 Å². The molecule has 27 heavy (non-hydrogen) atoms. The van der Waals surface area contributed by atoms with Crippen LogP contribution in [0.15, 0.2) is 53.3 Å². The van der Waals surface area contributed by atoms with Gasteiger partial charge in [0.2, 0.25) is 0 Å². The van der Waals surface area contributed by atoms with E-state index in [4.69, 9.17) is 16.6 Å². The predicted octanol–water partition coefficient (Wildman–Crippen LogP) is 5.27. The molecular weight excluding hydrogens is 358 g/mol. The van der Waals surface area contributed by atoms with Crippen LogP contribution in [0.1, 0.15) is 51.4 Å². The van der Waals surface area contributed by atoms with Gasteiger partial charge in [0.05, 0.1) is 27.7 Å². The van der Waals surface area contributed by atoms with Crippen LogP contribution in [0, 0.1) is 0 Å². The van der Waals surface area contributed by atoms with E-state index in [0.29, 0.717) is 27.4 Å². The van der Waals surface area contributed by atoms with Gasteiger partial charge in [-0.3, -0.25) is 9.36 Å². The van der Waals surface area contributed by atoms with Crippen molar-refractivity contribution in [2.75, 3.05) is 6.54 Å². The third-order valence-electron chi connectivity index (χ3n) is 4.76. The number of nitrogens with one attached hydrogen (secondary N) is 1. The Morgan fingerprint density at radius 3 is 2.59 bits per heavy atom. The highest BCUT2D eigenvalue weighted by molar-refractivity contribution is 6.32. The molecule has 3 aromatic rings. The normalized spacial score (nSPS) is 12.4. The summed E-state index contributed by atoms with van der Waals surface area (Å²) < 4.78 is 1.65. The van der Waals surface area contributed by atoms with E-state index in [1.54, 1.807) is 10.6 Å². The molecule has 0 radical (unpaired) electrons. The molecule has 142 valence electrons. The topological polar surface area (TPSA) is 46.9 Å². The van der Waals surface area contributed by atoms with Crippen molar-refractivity contribution in [3.8, 4) is 5.69 Å². The number of unbranched alkanes of at least 4 members (excludes halogenated alkanes) is 3. The molecule has 0 saturated carbocycles. The number of hydrogen-bond donors (Lipinski definition) is 1. The molecule has 0 aliphatic heterocycles. The summed E-state index contributed by atoms with van der Waals surface area (Å²) in [5.74, 6) is 0.683. The zero-order valence-electron chi connectivity index (χ0n) is 15.9. The van der Waals surface area contributed by atoms with Gasteiger partial charge in [-0.25, -0.2) is 4.98 Å². The summed E-state index contributed by atoms with van der Waals surface area (Å²) in [6.45, 7) is 5.15. The number of hydrogen-bond acceptors (Lipinski definition) is 3. The number of rotatable bonds is 8. The molecule has 3 rings (SSSR count). The lowest BCUT2D eigenvalue weighted by atomic mass is 10.2. The largest absolute Gasteiger partial charge is 0.308 e. The van der Waals surface area contributed by atoms with Crippen LogP contribution in [0.2, 0.25) is 5.02 Å². The van der Waals surface area contributed by atoms with E-state index in [2.05, 4.69) is 12.2 Å². The SMILES string of the molecule is CCCCCCN[C@@H](C)c1nc2ccccc2c(=O)n1-c1ccccc1Cl. The summed E-state index contributed by atoms with van der Waals surface area (Å²) in [7, 11) is 0. The van der Waals surface area contributed by atoms with Gasteiger partial charge in [-0.1, -0.05) is 62.1 Å². The van der Waals surface area contributed by atoms with E-state index >= 15 is 0 Å². The molecule has 2 aromatic carbocycles. The van der Waals surface area contributed by atoms with Crippen LogP contribution in [0.3, 0.4) is 0 Å². The molecule has 0 spiro atoms. The average Bonchev–Trinajstić information content (AvgIpc) is 2.68. The second kappa shape index (κ2) is 9.16. The average molecular weight is 384 g/mol. The van der Waals surface area contributed by atoms with E-state index < -0.39 is 0 Å². The van der Waals surface area contributed by atoms with Crippen LogP contribution in [0.4, 0.5) is 0 Å². The summed E-state index contributed by atoms with van der Waals surface area (Å²) in [4.78, 5) is 18.1. The fraction of sp³-hybridized carbons (Fsp3) is 0.364. The maximum Gasteiger partial charge on any atom is 0.266 e. The molecule has 0 aliphatic rings. The minimum atomic E-state index is -0.0941. The molecule has 5 heteroatoms. The molecule has 0 aliphatic carbocycles. The molecule has 0 unspecified atom stereocenters. The van der Waals surface area contributed by atoms with E-state index in [1.165, 1.54) is 19.3 Å². The molecule has 4 nitrogen and oxygen atoms in total. The second-order valence-corrected chi connectivity index (χ2v) is 7.22. The first-order valence-electron chi connectivity index (χ1n) is 9.63. The van der Waals surface area contributed by atoms with Crippen LogP contribution >= 0.6 is 11.6 Å². The Hall–Kier alpha value is -2.17. The number of para-hydroxylation sites is 2. The number of fused-ring (bicyclic) bond motifs is 1. The number of benzene rings is 2. The van der Waals surface area contributed by atoms with Crippen LogP contribution < -0.4 is 10.9 Å². The first kappa shape index (κ1) is 19.6. The second-order valence-electron chi connectivity index (χ2n) is 6.82. The molecule has 1 aromatic heterocycles. The Labute approximate surface area is 165 Å². The van der Waals surface area contributed by atoms with Gasteiger partial charge in [0.1, 0.15) is 5.82 Å². The molecular formula is C22H26ClN3O. The van der Waals surface area contributed by atoms with Crippen molar-refractivity contribution in [3.05, 3.63) is 69.7 Å². The lowest BCUT2D eigenvalue weighted by molar-refractivity contribution is 0.509. The summed E-state index contributed by atoms with van der Waals surface area (Å²) >= 11 is 6.41. The lowest BCUT2D eigenvalue weighted by Crippen LogP contribution is -2.30. The molecule has 0 saturated heterocycles. The Morgan fingerprint density at radius 1 is 1.07 bits per heavy atom. The van der Waals surface area contributed by atoms with E-state index in [9.17, 15) is 4.79 Å². The van der Waals surface area contributed by atoms with Gasteiger partial charge in [-0.15, -0.1) is 0 Å². The summed E-state index contributed by atoms with van der Waals surface area (Å²) in [5, 5.41) is 4.64. The van der Waals surface area contributed by atoms with Crippen LogP contribution in [0.5, 0.6) is 0 Å². The van der Waals surface area contributed by atoms with Gasteiger partial charge in [0, 0.05) is 0 Å². The van der Waals surface area contributed by atoms with Crippen molar-refractivity contribution < 1.29 is 0 Å². The predicted molar refractivity (Wildman–Crippen MR) is 113 cm³/mol. The quantitative estimate of drug-likeness (QED) is 0.539. The maximum absolute atomic E-state index is 13.3. The van der Waals surface area contributed by atoms with E-state index in [0.717, 1.165) is 13.0 Å². The van der Waals surface area contributed by atoms with Crippen molar-refractivity contribution in [2.24, 2.45) is 0 Å². The molecule has 0 amide bonds. The van der Waals surface area contributed by atoms with E-state index in [1.807, 2.05) is 49.4 Å². The monoisotopic (exact) mass is 383 g/mol. The standard InChI is InChI=1S/C22H26ClN3O/c1-3-4-5-10-15-24-16(2)21-25-19-13-8-6-11-17(19)22(27)26(21)20-14-9-7-12-18(20)23/h6-9,11-14,16,24H,3-5,10,15H2,1-2H3/t16-/m0/s1. The Morgan fingerprint density at radius 2 is 1.81 bits per heavy atom. The molecule has 1 heterocycles. The molecule has 0 bridgehead atoms. The maximum atomic E-state index is 13.3. The zero-order valence-corrected chi connectivity index (χ0v) is 16.7. The van der Waals surface area contributed by atoms with Crippen molar-refractivity contribution in [1.82, 2.24) is 14.9 Å². The molecule has 0 fully saturated rings. The Balaban J connectivity index is 2.03. The summed E-state index contributed by atoms with van der Waals surface area (Å²) in [5.41, 5.74) is 1.28. The first-order chi connectivity index (χ1) is 13.1. The Bertz CT molecular complexity index is 967. The van der Waals surface area contributed by atoms with E-state index in [-0.39, 0.29) is 11.6 Å². The van der Waals surface area contributed by atoms with Gasteiger partial charge in [0.25, 0.3) is 5.56 Å².